The summed E-state index contributed by atoms with van der Waals surface area (Å²) in [6, 6.07) is 15.0. The molecule has 0 aliphatic heterocycles. The molecular formula is C25H23N3O4S. The maximum atomic E-state index is 13.7. The molecule has 0 atom stereocenters. The van der Waals surface area contributed by atoms with Crippen LogP contribution in [0.25, 0.3) is 10.6 Å². The van der Waals surface area contributed by atoms with E-state index in [4.69, 9.17) is 14.2 Å². The second kappa shape index (κ2) is 10.1. The van der Waals surface area contributed by atoms with Crippen LogP contribution in [0.4, 0.5) is 5.82 Å². The third-order valence-electron chi connectivity index (χ3n) is 5.04. The molecule has 2 aromatic heterocycles. The summed E-state index contributed by atoms with van der Waals surface area (Å²) in [6.07, 6.45) is 3.44. The number of nitrogens with one attached hydrogen (secondary N) is 1. The van der Waals surface area contributed by atoms with Gasteiger partial charge in [-0.05, 0) is 23.8 Å². The lowest BCUT2D eigenvalue weighted by molar-refractivity contribution is 0.103. The zero-order valence-electron chi connectivity index (χ0n) is 18.5. The molecule has 0 spiro atoms. The monoisotopic (exact) mass is 461 g/mol. The second-order valence-corrected chi connectivity index (χ2v) is 7.93. The Kier molecular flexibility index (Phi) is 6.85. The maximum Gasteiger partial charge on any atom is 0.203 e. The number of benzene rings is 2. The van der Waals surface area contributed by atoms with Crippen molar-refractivity contribution in [2.45, 2.75) is 6.54 Å². The topological polar surface area (TPSA) is 82.6 Å². The van der Waals surface area contributed by atoms with Crippen molar-refractivity contribution in [1.29, 1.82) is 0 Å². The SMILES string of the molecule is COc1cc(C(=O)c2cc(-c3nccs3)cnc2NCc2ccccc2)cc(OC)c1OC. The Morgan fingerprint density at radius 3 is 2.30 bits per heavy atom. The Bertz CT molecular complexity index is 1220. The van der Waals surface area contributed by atoms with E-state index < -0.39 is 0 Å². The Morgan fingerprint density at radius 2 is 1.70 bits per heavy atom. The van der Waals surface area contributed by atoms with Gasteiger partial charge in [0.25, 0.3) is 0 Å². The molecule has 2 heterocycles. The van der Waals surface area contributed by atoms with Crippen LogP contribution in [0.5, 0.6) is 17.2 Å². The van der Waals surface area contributed by atoms with Crippen LogP contribution in [-0.2, 0) is 6.54 Å². The fraction of sp³-hybridized carbons (Fsp3) is 0.160. The Balaban J connectivity index is 1.76. The average Bonchev–Trinajstić information content (AvgIpc) is 3.41. The third-order valence-corrected chi connectivity index (χ3v) is 5.86. The Hall–Kier alpha value is -3.91. The van der Waals surface area contributed by atoms with Crippen LogP contribution in [0.3, 0.4) is 0 Å². The minimum Gasteiger partial charge on any atom is -0.493 e. The number of ketones is 1. The number of hydrogen-bond acceptors (Lipinski definition) is 8. The van der Waals surface area contributed by atoms with Gasteiger partial charge in [0.15, 0.2) is 17.3 Å². The summed E-state index contributed by atoms with van der Waals surface area (Å²) in [5.74, 6) is 1.49. The number of hydrogen-bond donors (Lipinski definition) is 1. The van der Waals surface area contributed by atoms with Crippen molar-refractivity contribution in [2.75, 3.05) is 26.6 Å². The first kappa shape index (κ1) is 22.3. The van der Waals surface area contributed by atoms with Crippen LogP contribution in [-0.4, -0.2) is 37.1 Å². The zero-order valence-corrected chi connectivity index (χ0v) is 19.3. The molecule has 4 rings (SSSR count). The van der Waals surface area contributed by atoms with Crippen molar-refractivity contribution in [1.82, 2.24) is 9.97 Å². The van der Waals surface area contributed by atoms with E-state index in [1.807, 2.05) is 41.8 Å². The standard InChI is InChI=1S/C25H23N3O4S/c1-30-20-12-17(13-21(31-2)23(20)32-3)22(29)19-11-18(25-26-9-10-33-25)15-28-24(19)27-14-16-7-5-4-6-8-16/h4-13,15H,14H2,1-3H3,(H,27,28). The van der Waals surface area contributed by atoms with Crippen molar-refractivity contribution in [3.8, 4) is 27.8 Å². The number of aromatic nitrogens is 2. The molecule has 8 heteroatoms. The number of anilines is 1. The lowest BCUT2D eigenvalue weighted by atomic mass is 10.0. The van der Waals surface area contributed by atoms with Crippen LogP contribution in [0.15, 0.2) is 66.3 Å². The minimum atomic E-state index is -0.226. The minimum absolute atomic E-state index is 0.226. The first-order valence-corrected chi connectivity index (χ1v) is 11.0. The van der Waals surface area contributed by atoms with Gasteiger partial charge in [0.05, 0.1) is 26.9 Å². The highest BCUT2D eigenvalue weighted by Crippen LogP contribution is 2.39. The normalized spacial score (nSPS) is 10.5. The van der Waals surface area contributed by atoms with Gasteiger partial charge in [0.2, 0.25) is 5.75 Å². The van der Waals surface area contributed by atoms with Gasteiger partial charge in [-0.1, -0.05) is 30.3 Å². The molecule has 0 fully saturated rings. The molecular weight excluding hydrogens is 438 g/mol. The average molecular weight is 462 g/mol. The summed E-state index contributed by atoms with van der Waals surface area (Å²) in [5.41, 5.74) is 2.67. The number of methoxy groups -OCH3 is 3. The number of pyridine rings is 1. The maximum absolute atomic E-state index is 13.7. The van der Waals surface area contributed by atoms with E-state index in [2.05, 4.69) is 15.3 Å². The number of carbonyl (C=O) groups excluding carboxylic acids is 1. The zero-order chi connectivity index (χ0) is 23.2. The summed E-state index contributed by atoms with van der Waals surface area (Å²) in [4.78, 5) is 22.6. The number of carbonyl (C=O) groups is 1. The Labute approximate surface area is 196 Å². The molecule has 0 unspecified atom stereocenters. The third kappa shape index (κ3) is 4.80. The molecule has 0 bridgehead atoms. The first-order chi connectivity index (χ1) is 16.1. The molecule has 168 valence electrons. The van der Waals surface area contributed by atoms with Gasteiger partial charge >= 0.3 is 0 Å². The molecule has 0 aliphatic carbocycles. The molecule has 33 heavy (non-hydrogen) atoms. The van der Waals surface area contributed by atoms with Crippen molar-refractivity contribution in [3.63, 3.8) is 0 Å². The van der Waals surface area contributed by atoms with Crippen molar-refractivity contribution in [3.05, 3.63) is 83.0 Å². The highest BCUT2D eigenvalue weighted by Gasteiger charge is 2.22. The molecule has 0 saturated heterocycles. The highest BCUT2D eigenvalue weighted by molar-refractivity contribution is 7.13. The van der Waals surface area contributed by atoms with Crippen LogP contribution in [0.1, 0.15) is 21.5 Å². The predicted octanol–water partition coefficient (Wildman–Crippen LogP) is 5.07. The summed E-state index contributed by atoms with van der Waals surface area (Å²) in [6.45, 7) is 0.528. The molecule has 2 aromatic carbocycles. The van der Waals surface area contributed by atoms with Gasteiger partial charge in [-0.2, -0.15) is 0 Å². The van der Waals surface area contributed by atoms with Gasteiger partial charge in [-0.3, -0.25) is 4.79 Å². The van der Waals surface area contributed by atoms with E-state index in [-0.39, 0.29) is 5.78 Å². The van der Waals surface area contributed by atoms with E-state index in [0.717, 1.165) is 16.1 Å². The number of ether oxygens (including phenoxy) is 3. The summed E-state index contributed by atoms with van der Waals surface area (Å²) in [5, 5.41) is 5.97. The van der Waals surface area contributed by atoms with E-state index in [1.165, 1.54) is 32.7 Å². The van der Waals surface area contributed by atoms with Crippen molar-refractivity contribution >= 4 is 22.9 Å². The van der Waals surface area contributed by atoms with E-state index in [9.17, 15) is 4.79 Å². The molecule has 0 aliphatic rings. The molecule has 4 aromatic rings. The lowest BCUT2D eigenvalue weighted by Gasteiger charge is -2.15. The van der Waals surface area contributed by atoms with Crippen LogP contribution >= 0.6 is 11.3 Å². The first-order valence-electron chi connectivity index (χ1n) is 10.2. The molecule has 7 nitrogen and oxygen atoms in total. The van der Waals surface area contributed by atoms with Crippen molar-refractivity contribution < 1.29 is 19.0 Å². The quantitative estimate of drug-likeness (QED) is 0.348. The van der Waals surface area contributed by atoms with Gasteiger partial charge in [-0.25, -0.2) is 9.97 Å². The number of nitrogens with zero attached hydrogens (tertiary/aromatic N) is 2. The number of rotatable bonds is 9. The molecule has 0 radical (unpaired) electrons. The summed E-state index contributed by atoms with van der Waals surface area (Å²) in [7, 11) is 4.56. The molecule has 1 N–H and O–H groups in total. The van der Waals surface area contributed by atoms with Crippen LogP contribution in [0, 0.1) is 0 Å². The lowest BCUT2D eigenvalue weighted by Crippen LogP contribution is -2.11. The second-order valence-electron chi connectivity index (χ2n) is 7.04. The molecule has 0 amide bonds. The highest BCUT2D eigenvalue weighted by atomic mass is 32.1. The fourth-order valence-electron chi connectivity index (χ4n) is 3.41. The van der Waals surface area contributed by atoms with E-state index >= 15 is 0 Å². The molecule has 0 saturated carbocycles. The van der Waals surface area contributed by atoms with Crippen molar-refractivity contribution in [2.24, 2.45) is 0 Å². The van der Waals surface area contributed by atoms with Crippen LogP contribution < -0.4 is 19.5 Å². The van der Waals surface area contributed by atoms with Gasteiger partial charge in [0.1, 0.15) is 10.8 Å². The fourth-order valence-corrected chi connectivity index (χ4v) is 4.03. The smallest absolute Gasteiger partial charge is 0.203 e. The van der Waals surface area contributed by atoms with E-state index in [0.29, 0.717) is 40.7 Å². The van der Waals surface area contributed by atoms with E-state index in [1.54, 1.807) is 24.5 Å². The van der Waals surface area contributed by atoms with Gasteiger partial charge in [-0.15, -0.1) is 11.3 Å². The largest absolute Gasteiger partial charge is 0.493 e. The summed E-state index contributed by atoms with van der Waals surface area (Å²) < 4.78 is 16.2. The van der Waals surface area contributed by atoms with Gasteiger partial charge in [0, 0.05) is 35.4 Å². The van der Waals surface area contributed by atoms with Crippen LogP contribution in [0.2, 0.25) is 0 Å². The Morgan fingerprint density at radius 1 is 0.970 bits per heavy atom. The van der Waals surface area contributed by atoms with Gasteiger partial charge < -0.3 is 19.5 Å². The predicted molar refractivity (Wildman–Crippen MR) is 129 cm³/mol. The summed E-state index contributed by atoms with van der Waals surface area (Å²) >= 11 is 1.49. The number of thiazole rings is 1.